The van der Waals surface area contributed by atoms with Gasteiger partial charge in [0.25, 0.3) is 5.91 Å². The third-order valence-corrected chi connectivity index (χ3v) is 3.96. The van der Waals surface area contributed by atoms with E-state index < -0.39 is 0 Å². The minimum Gasteiger partial charge on any atom is -0.350 e. The summed E-state index contributed by atoms with van der Waals surface area (Å²) in [5.41, 5.74) is 1.42. The van der Waals surface area contributed by atoms with Gasteiger partial charge < -0.3 is 5.32 Å². The number of hydrogen-bond donors (Lipinski definition) is 1. The van der Waals surface area contributed by atoms with Crippen molar-refractivity contribution in [1.82, 2.24) is 10.3 Å². The lowest BCUT2D eigenvalue weighted by Gasteiger charge is -2.25. The van der Waals surface area contributed by atoms with Gasteiger partial charge in [-0.05, 0) is 49.1 Å². The zero-order chi connectivity index (χ0) is 16.1. The molecule has 1 aliphatic rings. The molecule has 1 aromatic carbocycles. The fraction of sp³-hybridized carbons (Fsp3) is 0.263. The van der Waals surface area contributed by atoms with Gasteiger partial charge >= 0.3 is 0 Å². The first-order valence-electron chi connectivity index (χ1n) is 7.73. The van der Waals surface area contributed by atoms with Crippen molar-refractivity contribution < 1.29 is 9.18 Å². The Morgan fingerprint density at radius 1 is 1.26 bits per heavy atom. The lowest BCUT2D eigenvalue weighted by atomic mass is 9.85. The van der Waals surface area contributed by atoms with Crippen molar-refractivity contribution in [1.29, 1.82) is 0 Å². The predicted molar refractivity (Wildman–Crippen MR) is 86.3 cm³/mol. The number of halogens is 1. The Morgan fingerprint density at radius 2 is 2.13 bits per heavy atom. The number of amides is 1. The van der Waals surface area contributed by atoms with Gasteiger partial charge in [-0.25, -0.2) is 9.37 Å². The normalized spacial score (nSPS) is 13.6. The molecule has 1 heterocycles. The highest BCUT2D eigenvalue weighted by Crippen LogP contribution is 2.25. The van der Waals surface area contributed by atoms with Crippen LogP contribution in [0.3, 0.4) is 0 Å². The molecule has 1 aromatic heterocycles. The van der Waals surface area contributed by atoms with E-state index in [-0.39, 0.29) is 11.7 Å². The molecule has 0 atom stereocenters. The lowest BCUT2D eigenvalue weighted by molar-refractivity contribution is 0.0934. The lowest BCUT2D eigenvalue weighted by Crippen LogP contribution is -2.33. The van der Waals surface area contributed by atoms with Crippen LogP contribution in [-0.4, -0.2) is 17.4 Å². The molecule has 1 saturated carbocycles. The number of nitrogens with zero attached hydrogens (tertiary/aromatic N) is 1. The molecule has 116 valence electrons. The van der Waals surface area contributed by atoms with Gasteiger partial charge in [0.15, 0.2) is 0 Å². The van der Waals surface area contributed by atoms with Gasteiger partial charge in [-0.3, -0.25) is 4.79 Å². The number of nitrogens with one attached hydrogen (secondary N) is 1. The van der Waals surface area contributed by atoms with Gasteiger partial charge in [0.1, 0.15) is 11.5 Å². The number of rotatable bonds is 3. The van der Waals surface area contributed by atoms with E-state index in [0.717, 1.165) is 0 Å². The van der Waals surface area contributed by atoms with Crippen molar-refractivity contribution in [2.75, 3.05) is 6.54 Å². The van der Waals surface area contributed by atoms with Crippen LogP contribution in [0.5, 0.6) is 0 Å². The van der Waals surface area contributed by atoms with Crippen molar-refractivity contribution in [2.24, 2.45) is 5.92 Å². The third kappa shape index (κ3) is 3.95. The highest BCUT2D eigenvalue weighted by molar-refractivity contribution is 5.94. The number of benzene rings is 1. The molecule has 3 nitrogen and oxygen atoms in total. The summed E-state index contributed by atoms with van der Waals surface area (Å²) in [4.78, 5) is 16.4. The van der Waals surface area contributed by atoms with Gasteiger partial charge in [-0.1, -0.05) is 24.3 Å². The van der Waals surface area contributed by atoms with Crippen LogP contribution in [0.25, 0.3) is 0 Å². The zero-order valence-electron chi connectivity index (χ0n) is 12.7. The molecular formula is C19H17FN2O. The summed E-state index contributed by atoms with van der Waals surface area (Å²) < 4.78 is 13.2. The van der Waals surface area contributed by atoms with Crippen LogP contribution in [0, 0.1) is 23.6 Å². The second-order valence-corrected chi connectivity index (χ2v) is 5.67. The number of pyridine rings is 1. The Bertz CT molecular complexity index is 772. The van der Waals surface area contributed by atoms with E-state index in [1.54, 1.807) is 30.5 Å². The molecule has 0 radical (unpaired) electrons. The molecule has 1 fully saturated rings. The molecule has 3 rings (SSSR count). The first-order valence-corrected chi connectivity index (χ1v) is 7.73. The fourth-order valence-electron chi connectivity index (χ4n) is 2.41. The van der Waals surface area contributed by atoms with Gasteiger partial charge in [0.05, 0.1) is 5.56 Å². The Hall–Kier alpha value is -2.67. The molecule has 0 spiro atoms. The highest BCUT2D eigenvalue weighted by Gasteiger charge is 2.19. The molecular weight excluding hydrogens is 291 g/mol. The van der Waals surface area contributed by atoms with Gasteiger partial charge in [0.2, 0.25) is 0 Å². The largest absolute Gasteiger partial charge is 0.350 e. The summed E-state index contributed by atoms with van der Waals surface area (Å²) in [5.74, 6) is 5.84. The molecule has 0 unspecified atom stereocenters. The van der Waals surface area contributed by atoms with E-state index >= 15 is 0 Å². The minimum absolute atomic E-state index is 0.207. The second kappa shape index (κ2) is 7.06. The van der Waals surface area contributed by atoms with Crippen molar-refractivity contribution in [3.05, 3.63) is 65.2 Å². The van der Waals surface area contributed by atoms with Crippen LogP contribution in [0.15, 0.2) is 42.6 Å². The van der Waals surface area contributed by atoms with E-state index in [2.05, 4.69) is 22.1 Å². The van der Waals surface area contributed by atoms with Gasteiger partial charge in [-0.2, -0.15) is 0 Å². The fourth-order valence-corrected chi connectivity index (χ4v) is 2.41. The van der Waals surface area contributed by atoms with Crippen LogP contribution in [0.1, 0.15) is 40.9 Å². The van der Waals surface area contributed by atoms with E-state index in [1.807, 2.05) is 0 Å². The first-order chi connectivity index (χ1) is 11.2. The molecule has 0 saturated heterocycles. The third-order valence-electron chi connectivity index (χ3n) is 3.96. The molecule has 1 N–H and O–H groups in total. The van der Waals surface area contributed by atoms with Crippen molar-refractivity contribution in [2.45, 2.75) is 19.3 Å². The van der Waals surface area contributed by atoms with Gasteiger partial charge in [-0.15, -0.1) is 0 Å². The molecule has 4 heteroatoms. The van der Waals surface area contributed by atoms with Gasteiger partial charge in [0, 0.05) is 18.3 Å². The molecule has 1 amide bonds. The molecule has 23 heavy (non-hydrogen) atoms. The maximum atomic E-state index is 13.2. The molecule has 1 aliphatic carbocycles. The summed E-state index contributed by atoms with van der Waals surface area (Å²) in [7, 11) is 0. The quantitative estimate of drug-likeness (QED) is 0.885. The Labute approximate surface area is 134 Å². The topological polar surface area (TPSA) is 42.0 Å². The zero-order valence-corrected chi connectivity index (χ0v) is 12.7. The SMILES string of the molecule is O=C(NCC1CCC1)c1ncccc1C#Cc1cccc(F)c1. The van der Waals surface area contributed by atoms with Crippen molar-refractivity contribution in [3.63, 3.8) is 0 Å². The summed E-state index contributed by atoms with van der Waals surface area (Å²) >= 11 is 0. The minimum atomic E-state index is -0.332. The summed E-state index contributed by atoms with van der Waals surface area (Å²) in [6.07, 6.45) is 5.17. The average molecular weight is 308 g/mol. The van der Waals surface area contributed by atoms with Crippen LogP contribution >= 0.6 is 0 Å². The molecule has 0 aliphatic heterocycles. The molecule has 0 bridgehead atoms. The van der Waals surface area contributed by atoms with E-state index in [0.29, 0.717) is 29.3 Å². The van der Waals surface area contributed by atoms with Crippen LogP contribution in [0.4, 0.5) is 4.39 Å². The van der Waals surface area contributed by atoms with Crippen molar-refractivity contribution >= 4 is 5.91 Å². The summed E-state index contributed by atoms with van der Waals surface area (Å²) in [6, 6.07) is 9.54. The van der Waals surface area contributed by atoms with E-state index in [4.69, 9.17) is 0 Å². The first kappa shape index (κ1) is 15.2. The number of carbonyl (C=O) groups is 1. The predicted octanol–water partition coefficient (Wildman–Crippen LogP) is 3.15. The Kier molecular flexibility index (Phi) is 4.68. The van der Waals surface area contributed by atoms with E-state index in [1.165, 1.54) is 31.4 Å². The number of carbonyl (C=O) groups excluding carboxylic acids is 1. The summed E-state index contributed by atoms with van der Waals surface area (Å²) in [5, 5.41) is 2.92. The van der Waals surface area contributed by atoms with Crippen LogP contribution in [-0.2, 0) is 0 Å². The Morgan fingerprint density at radius 3 is 2.87 bits per heavy atom. The van der Waals surface area contributed by atoms with Crippen LogP contribution < -0.4 is 5.32 Å². The van der Waals surface area contributed by atoms with Crippen LogP contribution in [0.2, 0.25) is 0 Å². The number of hydrogen-bond acceptors (Lipinski definition) is 2. The summed E-state index contributed by atoms with van der Waals surface area (Å²) in [6.45, 7) is 0.687. The van der Waals surface area contributed by atoms with Crippen molar-refractivity contribution in [3.8, 4) is 11.8 Å². The average Bonchev–Trinajstić information content (AvgIpc) is 2.52. The highest BCUT2D eigenvalue weighted by atomic mass is 19.1. The smallest absolute Gasteiger partial charge is 0.271 e. The Balaban J connectivity index is 1.76. The van der Waals surface area contributed by atoms with E-state index in [9.17, 15) is 9.18 Å². The number of aromatic nitrogens is 1. The second-order valence-electron chi connectivity index (χ2n) is 5.67. The maximum Gasteiger partial charge on any atom is 0.271 e. The molecule has 2 aromatic rings. The maximum absolute atomic E-state index is 13.2. The standard InChI is InChI=1S/C19H17FN2O/c20-17-8-2-4-14(12-17)9-10-16-7-3-11-21-18(16)19(23)22-13-15-5-1-6-15/h2-4,7-8,11-12,15H,1,5-6,13H2,(H,22,23). The monoisotopic (exact) mass is 308 g/mol.